The van der Waals surface area contributed by atoms with Crippen LogP contribution in [-0.2, 0) is 4.79 Å². The van der Waals surface area contributed by atoms with Crippen LogP contribution in [0.4, 0.5) is 10.1 Å². The van der Waals surface area contributed by atoms with E-state index in [2.05, 4.69) is 10.6 Å². The number of nitrogens with one attached hydrogen (secondary N) is 2. The zero-order valence-electron chi connectivity index (χ0n) is 11.3. The molecule has 0 aliphatic carbocycles. The van der Waals surface area contributed by atoms with Gasteiger partial charge in [-0.25, -0.2) is 4.39 Å². The third-order valence-electron chi connectivity index (χ3n) is 3.64. The molecule has 2 rings (SSSR count). The Kier molecular flexibility index (Phi) is 4.91. The Balaban J connectivity index is 1.80. The van der Waals surface area contributed by atoms with Gasteiger partial charge in [-0.15, -0.1) is 0 Å². The zero-order valence-corrected chi connectivity index (χ0v) is 11.3. The monoisotopic (exact) mass is 264 g/mol. The summed E-state index contributed by atoms with van der Waals surface area (Å²) in [5.74, 6) is 0.345. The Morgan fingerprint density at radius 2 is 2.37 bits per heavy atom. The summed E-state index contributed by atoms with van der Waals surface area (Å²) < 4.78 is 13.0. The van der Waals surface area contributed by atoms with Crippen LogP contribution in [0.3, 0.4) is 0 Å². The number of rotatable bonds is 4. The molecule has 1 heterocycles. The lowest BCUT2D eigenvalue weighted by atomic mass is 9.94. The highest BCUT2D eigenvalue weighted by atomic mass is 19.1. The van der Waals surface area contributed by atoms with E-state index in [-0.39, 0.29) is 11.7 Å². The Bertz CT molecular complexity index is 442. The Morgan fingerprint density at radius 1 is 1.53 bits per heavy atom. The number of hydrogen-bond acceptors (Lipinski definition) is 2. The molecule has 19 heavy (non-hydrogen) atoms. The number of halogens is 1. The maximum atomic E-state index is 13.0. The highest BCUT2D eigenvalue weighted by Crippen LogP contribution is 2.18. The van der Waals surface area contributed by atoms with Gasteiger partial charge in [0.1, 0.15) is 5.82 Å². The van der Waals surface area contributed by atoms with Gasteiger partial charge >= 0.3 is 0 Å². The molecule has 1 aromatic carbocycles. The summed E-state index contributed by atoms with van der Waals surface area (Å²) >= 11 is 0. The minimum Gasteiger partial charge on any atom is -0.326 e. The minimum atomic E-state index is -0.274. The molecule has 3 nitrogen and oxygen atoms in total. The molecule has 1 aromatic rings. The van der Waals surface area contributed by atoms with Crippen molar-refractivity contribution in [1.29, 1.82) is 0 Å². The van der Waals surface area contributed by atoms with Gasteiger partial charge in [-0.1, -0.05) is 0 Å². The van der Waals surface area contributed by atoms with Gasteiger partial charge in [-0.2, -0.15) is 0 Å². The summed E-state index contributed by atoms with van der Waals surface area (Å²) in [5, 5.41) is 6.20. The molecular weight excluding hydrogens is 243 g/mol. The molecule has 0 bridgehead atoms. The average molecular weight is 264 g/mol. The third kappa shape index (κ3) is 4.31. The van der Waals surface area contributed by atoms with Gasteiger partial charge in [0.05, 0.1) is 0 Å². The van der Waals surface area contributed by atoms with Crippen LogP contribution in [0.2, 0.25) is 0 Å². The number of aryl methyl sites for hydroxylation is 1. The van der Waals surface area contributed by atoms with E-state index < -0.39 is 0 Å². The molecule has 0 saturated carbocycles. The SMILES string of the molecule is Cc1cc(F)ccc1NC(=O)CCC1CCCNC1. The fourth-order valence-electron chi connectivity index (χ4n) is 2.49. The van der Waals surface area contributed by atoms with Gasteiger partial charge in [0.2, 0.25) is 5.91 Å². The normalized spacial score (nSPS) is 19.2. The molecule has 1 unspecified atom stereocenters. The predicted octanol–water partition coefficient (Wildman–Crippen LogP) is 2.85. The van der Waals surface area contributed by atoms with Crippen molar-refractivity contribution in [2.24, 2.45) is 5.92 Å². The smallest absolute Gasteiger partial charge is 0.224 e. The third-order valence-corrected chi connectivity index (χ3v) is 3.64. The minimum absolute atomic E-state index is 0.0141. The van der Waals surface area contributed by atoms with E-state index in [0.717, 1.165) is 25.1 Å². The number of carbonyl (C=O) groups excluding carboxylic acids is 1. The van der Waals surface area contributed by atoms with Crippen molar-refractivity contribution >= 4 is 11.6 Å². The molecule has 104 valence electrons. The molecule has 1 amide bonds. The number of anilines is 1. The van der Waals surface area contributed by atoms with E-state index in [9.17, 15) is 9.18 Å². The van der Waals surface area contributed by atoms with Crippen molar-refractivity contribution in [2.45, 2.75) is 32.6 Å². The average Bonchev–Trinajstić information content (AvgIpc) is 2.41. The molecule has 0 radical (unpaired) electrons. The molecule has 1 aliphatic heterocycles. The van der Waals surface area contributed by atoms with Gasteiger partial charge in [0.25, 0.3) is 0 Å². The molecule has 1 atom stereocenters. The maximum absolute atomic E-state index is 13.0. The molecule has 4 heteroatoms. The molecule has 1 aliphatic rings. The van der Waals surface area contributed by atoms with Crippen LogP contribution in [-0.4, -0.2) is 19.0 Å². The van der Waals surface area contributed by atoms with E-state index in [1.165, 1.54) is 25.0 Å². The van der Waals surface area contributed by atoms with Crippen molar-refractivity contribution in [3.63, 3.8) is 0 Å². The van der Waals surface area contributed by atoms with Crippen LogP contribution < -0.4 is 10.6 Å². The lowest BCUT2D eigenvalue weighted by Gasteiger charge is -2.22. The second-order valence-electron chi connectivity index (χ2n) is 5.26. The second-order valence-corrected chi connectivity index (χ2v) is 5.26. The first-order valence-electron chi connectivity index (χ1n) is 6.92. The fourth-order valence-corrected chi connectivity index (χ4v) is 2.49. The number of hydrogen-bond donors (Lipinski definition) is 2. The lowest BCUT2D eigenvalue weighted by molar-refractivity contribution is -0.116. The largest absolute Gasteiger partial charge is 0.326 e. The van der Waals surface area contributed by atoms with Crippen molar-refractivity contribution in [2.75, 3.05) is 18.4 Å². The van der Waals surface area contributed by atoms with Crippen molar-refractivity contribution in [3.05, 3.63) is 29.6 Å². The molecule has 1 saturated heterocycles. The summed E-state index contributed by atoms with van der Waals surface area (Å²) in [5.41, 5.74) is 1.46. The number of piperidine rings is 1. The number of carbonyl (C=O) groups is 1. The van der Waals surface area contributed by atoms with Crippen molar-refractivity contribution in [1.82, 2.24) is 5.32 Å². The van der Waals surface area contributed by atoms with E-state index in [4.69, 9.17) is 0 Å². The van der Waals surface area contributed by atoms with Gasteiger partial charge < -0.3 is 10.6 Å². The predicted molar refractivity (Wildman–Crippen MR) is 74.6 cm³/mol. The standard InChI is InChI=1S/C15H21FN2O/c1-11-9-13(16)5-6-14(11)18-15(19)7-4-12-3-2-8-17-10-12/h5-6,9,12,17H,2-4,7-8,10H2,1H3,(H,18,19). The maximum Gasteiger partial charge on any atom is 0.224 e. The fraction of sp³-hybridized carbons (Fsp3) is 0.533. The summed E-state index contributed by atoms with van der Waals surface area (Å²) in [6.07, 6.45) is 3.85. The van der Waals surface area contributed by atoms with Gasteiger partial charge in [0.15, 0.2) is 0 Å². The van der Waals surface area contributed by atoms with E-state index in [1.54, 1.807) is 13.0 Å². The van der Waals surface area contributed by atoms with Crippen molar-refractivity contribution < 1.29 is 9.18 Å². The van der Waals surface area contributed by atoms with E-state index >= 15 is 0 Å². The first-order chi connectivity index (χ1) is 9.15. The van der Waals surface area contributed by atoms with Gasteiger partial charge in [-0.05, 0) is 69.0 Å². The Morgan fingerprint density at radius 3 is 3.05 bits per heavy atom. The van der Waals surface area contributed by atoms with E-state index in [0.29, 0.717) is 18.0 Å². The summed E-state index contributed by atoms with van der Waals surface area (Å²) in [6.45, 7) is 3.91. The Hall–Kier alpha value is -1.42. The van der Waals surface area contributed by atoms with Crippen molar-refractivity contribution in [3.8, 4) is 0 Å². The van der Waals surface area contributed by atoms with Crippen LogP contribution in [0.25, 0.3) is 0 Å². The van der Waals surface area contributed by atoms with Crippen LogP contribution in [0.1, 0.15) is 31.2 Å². The molecular formula is C15H21FN2O. The second kappa shape index (κ2) is 6.66. The summed E-state index contributed by atoms with van der Waals surface area (Å²) in [4.78, 5) is 11.9. The first-order valence-corrected chi connectivity index (χ1v) is 6.92. The van der Waals surface area contributed by atoms with Gasteiger partial charge in [0, 0.05) is 12.1 Å². The first kappa shape index (κ1) is 14.0. The zero-order chi connectivity index (χ0) is 13.7. The topological polar surface area (TPSA) is 41.1 Å². The molecule has 1 fully saturated rings. The lowest BCUT2D eigenvalue weighted by Crippen LogP contribution is -2.30. The van der Waals surface area contributed by atoms with Crippen LogP contribution >= 0.6 is 0 Å². The highest BCUT2D eigenvalue weighted by Gasteiger charge is 2.14. The van der Waals surface area contributed by atoms with Crippen LogP contribution in [0.5, 0.6) is 0 Å². The highest BCUT2D eigenvalue weighted by molar-refractivity contribution is 5.91. The number of benzene rings is 1. The van der Waals surface area contributed by atoms with Gasteiger partial charge in [-0.3, -0.25) is 4.79 Å². The molecule has 0 spiro atoms. The van der Waals surface area contributed by atoms with E-state index in [1.807, 2.05) is 0 Å². The molecule has 2 N–H and O–H groups in total. The quantitative estimate of drug-likeness (QED) is 0.878. The number of amides is 1. The van der Waals surface area contributed by atoms with Crippen LogP contribution in [0, 0.1) is 18.7 Å². The Labute approximate surface area is 113 Å². The summed E-state index contributed by atoms with van der Waals surface area (Å²) in [6, 6.07) is 4.42. The van der Waals surface area contributed by atoms with Crippen LogP contribution in [0.15, 0.2) is 18.2 Å². The summed E-state index contributed by atoms with van der Waals surface area (Å²) in [7, 11) is 0. The molecule has 0 aromatic heterocycles.